The molecule has 0 aliphatic carbocycles. The first-order valence-corrected chi connectivity index (χ1v) is 3.21. The maximum atomic E-state index is 9.89. The summed E-state index contributed by atoms with van der Waals surface area (Å²) >= 11 is 0. The van der Waals surface area contributed by atoms with Crippen LogP contribution in [0.4, 0.5) is 0 Å². The number of carbonyl (C=O) groups is 1. The molecule has 0 atom stereocenters. The lowest BCUT2D eigenvalue weighted by Crippen LogP contribution is -1.85. The van der Waals surface area contributed by atoms with Gasteiger partial charge in [0.2, 0.25) is 0 Å². The lowest BCUT2D eigenvalue weighted by Gasteiger charge is -1.92. The van der Waals surface area contributed by atoms with Crippen LogP contribution in [0, 0.1) is 18.8 Å². The van der Waals surface area contributed by atoms with Gasteiger partial charge in [0.25, 0.3) is 0 Å². The van der Waals surface area contributed by atoms with E-state index < -0.39 is 0 Å². The highest BCUT2D eigenvalue weighted by Crippen LogP contribution is 1.99. The van der Waals surface area contributed by atoms with Gasteiger partial charge in [-0.05, 0) is 30.4 Å². The quantitative estimate of drug-likeness (QED) is 0.401. The van der Waals surface area contributed by atoms with Crippen molar-refractivity contribution in [1.82, 2.24) is 4.98 Å². The molecule has 0 N–H and O–H groups in total. The van der Waals surface area contributed by atoms with Crippen LogP contribution in [-0.4, -0.2) is 11.3 Å². The molecule has 0 unspecified atom stereocenters. The van der Waals surface area contributed by atoms with Gasteiger partial charge >= 0.3 is 0 Å². The minimum atomic E-state index is 0.564. The SMILES string of the molecule is Cc1cccnc1C#CC=O. The molecule has 11 heavy (non-hydrogen) atoms. The van der Waals surface area contributed by atoms with E-state index in [0.717, 1.165) is 5.56 Å². The summed E-state index contributed by atoms with van der Waals surface area (Å²) in [5.74, 6) is 4.95. The Morgan fingerprint density at radius 2 is 2.45 bits per heavy atom. The van der Waals surface area contributed by atoms with Gasteiger partial charge < -0.3 is 0 Å². The fraction of sp³-hybridized carbons (Fsp3) is 0.111. The summed E-state index contributed by atoms with van der Waals surface area (Å²) in [5, 5.41) is 0. The molecule has 0 fully saturated rings. The Bertz CT molecular complexity index is 320. The van der Waals surface area contributed by atoms with Gasteiger partial charge in [-0.2, -0.15) is 0 Å². The molecule has 0 amide bonds. The van der Waals surface area contributed by atoms with E-state index in [1.165, 1.54) is 0 Å². The second-order valence-electron chi connectivity index (χ2n) is 2.06. The van der Waals surface area contributed by atoms with E-state index >= 15 is 0 Å². The third-order valence-corrected chi connectivity index (χ3v) is 1.26. The van der Waals surface area contributed by atoms with E-state index in [1.54, 1.807) is 6.20 Å². The topological polar surface area (TPSA) is 30.0 Å². The Morgan fingerprint density at radius 1 is 1.64 bits per heavy atom. The van der Waals surface area contributed by atoms with Crippen molar-refractivity contribution in [2.45, 2.75) is 6.92 Å². The number of hydrogen-bond acceptors (Lipinski definition) is 2. The average Bonchev–Trinajstić information content (AvgIpc) is 2.03. The minimum Gasteiger partial charge on any atom is -0.289 e. The van der Waals surface area contributed by atoms with Crippen LogP contribution in [0.15, 0.2) is 18.3 Å². The molecule has 0 aliphatic heterocycles. The van der Waals surface area contributed by atoms with E-state index in [1.807, 2.05) is 19.1 Å². The number of nitrogens with zero attached hydrogens (tertiary/aromatic N) is 1. The molecule has 2 nitrogen and oxygen atoms in total. The molecular formula is C9H7NO. The Kier molecular flexibility index (Phi) is 2.40. The van der Waals surface area contributed by atoms with Crippen LogP contribution in [0.25, 0.3) is 0 Å². The molecule has 0 bridgehead atoms. The monoisotopic (exact) mass is 145 g/mol. The molecule has 0 aromatic carbocycles. The van der Waals surface area contributed by atoms with Gasteiger partial charge in [-0.3, -0.25) is 4.79 Å². The second kappa shape index (κ2) is 3.52. The molecule has 0 saturated heterocycles. The van der Waals surface area contributed by atoms with Gasteiger partial charge in [-0.15, -0.1) is 0 Å². The van der Waals surface area contributed by atoms with Crippen molar-refractivity contribution in [2.75, 3.05) is 0 Å². The number of aldehydes is 1. The molecule has 0 spiro atoms. The highest BCUT2D eigenvalue weighted by molar-refractivity contribution is 5.73. The summed E-state index contributed by atoms with van der Waals surface area (Å²) in [6.45, 7) is 1.90. The number of hydrogen-bond donors (Lipinski definition) is 0. The molecular weight excluding hydrogens is 138 g/mol. The van der Waals surface area contributed by atoms with Gasteiger partial charge in [0.1, 0.15) is 5.69 Å². The zero-order valence-corrected chi connectivity index (χ0v) is 6.16. The van der Waals surface area contributed by atoms with Crippen molar-refractivity contribution < 1.29 is 4.79 Å². The summed E-state index contributed by atoms with van der Waals surface area (Å²) in [6.07, 6.45) is 2.22. The lowest BCUT2D eigenvalue weighted by atomic mass is 10.2. The van der Waals surface area contributed by atoms with Crippen molar-refractivity contribution in [3.8, 4) is 11.8 Å². The highest BCUT2D eigenvalue weighted by Gasteiger charge is 1.90. The highest BCUT2D eigenvalue weighted by atomic mass is 16.1. The summed E-state index contributed by atoms with van der Waals surface area (Å²) < 4.78 is 0. The van der Waals surface area contributed by atoms with E-state index in [2.05, 4.69) is 16.8 Å². The Balaban J connectivity index is 3.03. The first-order valence-electron chi connectivity index (χ1n) is 3.21. The maximum Gasteiger partial charge on any atom is 0.193 e. The minimum absolute atomic E-state index is 0.564. The van der Waals surface area contributed by atoms with Gasteiger partial charge in [-0.25, -0.2) is 4.98 Å². The first kappa shape index (κ1) is 7.49. The van der Waals surface area contributed by atoms with Crippen LogP contribution in [0.3, 0.4) is 0 Å². The maximum absolute atomic E-state index is 9.89. The third kappa shape index (κ3) is 1.91. The van der Waals surface area contributed by atoms with Crippen molar-refractivity contribution in [2.24, 2.45) is 0 Å². The van der Waals surface area contributed by atoms with E-state index in [4.69, 9.17) is 0 Å². The normalized spacial score (nSPS) is 8.09. The molecule has 0 saturated carbocycles. The van der Waals surface area contributed by atoms with Crippen LogP contribution < -0.4 is 0 Å². The standard InChI is InChI=1S/C9H7NO/c1-8-4-2-6-10-9(8)5-3-7-11/h2,4,6-7H,1H3. The Hall–Kier alpha value is -1.62. The molecule has 0 aliphatic rings. The summed E-state index contributed by atoms with van der Waals surface area (Å²) in [5.41, 5.74) is 1.65. The predicted molar refractivity (Wildman–Crippen MR) is 41.9 cm³/mol. The van der Waals surface area contributed by atoms with Crippen LogP contribution in [-0.2, 0) is 4.79 Å². The number of aromatic nitrogens is 1. The Labute approximate surface area is 65.3 Å². The van der Waals surface area contributed by atoms with Crippen LogP contribution in [0.1, 0.15) is 11.3 Å². The summed E-state index contributed by atoms with van der Waals surface area (Å²) in [7, 11) is 0. The smallest absolute Gasteiger partial charge is 0.193 e. The van der Waals surface area contributed by atoms with Gasteiger partial charge in [0, 0.05) is 6.20 Å². The van der Waals surface area contributed by atoms with Crippen molar-refractivity contribution in [3.05, 3.63) is 29.6 Å². The molecule has 0 radical (unpaired) electrons. The van der Waals surface area contributed by atoms with Crippen molar-refractivity contribution in [3.63, 3.8) is 0 Å². The van der Waals surface area contributed by atoms with E-state index in [9.17, 15) is 4.79 Å². The van der Waals surface area contributed by atoms with Crippen LogP contribution >= 0.6 is 0 Å². The zero-order valence-electron chi connectivity index (χ0n) is 6.16. The van der Waals surface area contributed by atoms with E-state index in [-0.39, 0.29) is 0 Å². The first-order chi connectivity index (χ1) is 5.34. The van der Waals surface area contributed by atoms with Crippen molar-refractivity contribution >= 4 is 6.29 Å². The lowest BCUT2D eigenvalue weighted by molar-refractivity contribution is -0.103. The number of pyridine rings is 1. The Morgan fingerprint density at radius 3 is 3.09 bits per heavy atom. The van der Waals surface area contributed by atoms with Crippen molar-refractivity contribution in [1.29, 1.82) is 0 Å². The van der Waals surface area contributed by atoms with Gasteiger partial charge in [0.15, 0.2) is 6.29 Å². The number of carbonyl (C=O) groups excluding carboxylic acids is 1. The second-order valence-corrected chi connectivity index (χ2v) is 2.06. The molecule has 1 aromatic rings. The van der Waals surface area contributed by atoms with Crippen LogP contribution in [0.5, 0.6) is 0 Å². The fourth-order valence-electron chi connectivity index (χ4n) is 0.714. The molecule has 1 rings (SSSR count). The third-order valence-electron chi connectivity index (χ3n) is 1.26. The fourth-order valence-corrected chi connectivity index (χ4v) is 0.714. The van der Waals surface area contributed by atoms with Gasteiger partial charge in [0.05, 0.1) is 0 Å². The summed E-state index contributed by atoms with van der Waals surface area (Å²) in [6, 6.07) is 3.74. The number of aryl methyl sites for hydroxylation is 1. The van der Waals surface area contributed by atoms with E-state index in [0.29, 0.717) is 12.0 Å². The van der Waals surface area contributed by atoms with Gasteiger partial charge in [-0.1, -0.05) is 6.07 Å². The molecule has 2 heteroatoms. The van der Waals surface area contributed by atoms with Crippen LogP contribution in [0.2, 0.25) is 0 Å². The number of rotatable bonds is 0. The zero-order chi connectivity index (χ0) is 8.10. The predicted octanol–water partition coefficient (Wildman–Crippen LogP) is 0.940. The largest absolute Gasteiger partial charge is 0.289 e. The molecule has 1 heterocycles. The molecule has 54 valence electrons. The molecule has 1 aromatic heterocycles. The average molecular weight is 145 g/mol. The summed E-state index contributed by atoms with van der Waals surface area (Å²) in [4.78, 5) is 13.9.